The van der Waals surface area contributed by atoms with E-state index in [2.05, 4.69) is 25.5 Å². The Labute approximate surface area is 86.9 Å². The van der Waals surface area contributed by atoms with Crippen LogP contribution in [0.25, 0.3) is 0 Å². The van der Waals surface area contributed by atoms with Crippen molar-refractivity contribution in [2.75, 3.05) is 11.1 Å². The lowest BCUT2D eigenvalue weighted by atomic mass is 10.2. The lowest BCUT2D eigenvalue weighted by Crippen LogP contribution is -2.08. The van der Waals surface area contributed by atoms with Crippen LogP contribution in [0, 0.1) is 0 Å². The zero-order valence-electron chi connectivity index (χ0n) is 8.31. The van der Waals surface area contributed by atoms with Gasteiger partial charge in [0, 0.05) is 11.8 Å². The van der Waals surface area contributed by atoms with Crippen LogP contribution in [0.1, 0.15) is 18.5 Å². The molecule has 0 saturated heterocycles. The van der Waals surface area contributed by atoms with Crippen molar-refractivity contribution in [1.29, 1.82) is 0 Å². The van der Waals surface area contributed by atoms with Gasteiger partial charge in [-0.05, 0) is 6.92 Å². The second-order valence-electron chi connectivity index (χ2n) is 3.23. The summed E-state index contributed by atoms with van der Waals surface area (Å²) in [4.78, 5) is 8.04. The van der Waals surface area contributed by atoms with Crippen LogP contribution in [0.5, 0.6) is 0 Å². The second-order valence-corrected chi connectivity index (χ2v) is 3.23. The summed E-state index contributed by atoms with van der Waals surface area (Å²) in [6.07, 6.45) is 6.73. The minimum atomic E-state index is 0.111. The Bertz CT molecular complexity index is 424. The van der Waals surface area contributed by atoms with Crippen molar-refractivity contribution in [3.63, 3.8) is 0 Å². The van der Waals surface area contributed by atoms with E-state index in [1.165, 1.54) is 6.20 Å². The van der Waals surface area contributed by atoms with Crippen molar-refractivity contribution in [2.24, 2.45) is 0 Å². The van der Waals surface area contributed by atoms with Gasteiger partial charge in [0.2, 0.25) is 0 Å². The zero-order chi connectivity index (χ0) is 10.7. The van der Waals surface area contributed by atoms with Crippen molar-refractivity contribution >= 4 is 11.6 Å². The first-order valence-corrected chi connectivity index (χ1v) is 4.58. The van der Waals surface area contributed by atoms with Crippen LogP contribution in [0.2, 0.25) is 0 Å². The van der Waals surface area contributed by atoms with Gasteiger partial charge in [0.05, 0.1) is 24.6 Å². The number of anilines is 2. The number of aromatic amines is 1. The fourth-order valence-corrected chi connectivity index (χ4v) is 1.25. The van der Waals surface area contributed by atoms with E-state index in [1.54, 1.807) is 12.4 Å². The maximum atomic E-state index is 5.52. The standard InChI is InChI=1S/C9H12N6/c1-6(7-2-12-13-3-7)14-9-5-11-4-8(10)15-9/h2-6H,1H3,(H,12,13)(H3,10,14,15). The molecule has 78 valence electrons. The Morgan fingerprint density at radius 1 is 1.40 bits per heavy atom. The molecule has 2 aromatic rings. The van der Waals surface area contributed by atoms with Gasteiger partial charge in [-0.1, -0.05) is 0 Å². The number of nitrogens with one attached hydrogen (secondary N) is 2. The molecule has 0 spiro atoms. The van der Waals surface area contributed by atoms with Crippen molar-refractivity contribution in [1.82, 2.24) is 20.2 Å². The number of nitrogen functional groups attached to an aromatic ring is 1. The summed E-state index contributed by atoms with van der Waals surface area (Å²) < 4.78 is 0. The highest BCUT2D eigenvalue weighted by Gasteiger charge is 2.06. The molecule has 2 aromatic heterocycles. The Hall–Kier alpha value is -2.11. The second kappa shape index (κ2) is 3.95. The lowest BCUT2D eigenvalue weighted by molar-refractivity contribution is 0.873. The number of rotatable bonds is 3. The van der Waals surface area contributed by atoms with Gasteiger partial charge in [0.25, 0.3) is 0 Å². The number of nitrogens with zero attached hydrogens (tertiary/aromatic N) is 3. The molecular weight excluding hydrogens is 192 g/mol. The van der Waals surface area contributed by atoms with E-state index in [4.69, 9.17) is 5.73 Å². The molecule has 0 aromatic carbocycles. The molecule has 1 atom stereocenters. The van der Waals surface area contributed by atoms with Gasteiger partial charge >= 0.3 is 0 Å². The molecule has 6 nitrogen and oxygen atoms in total. The first-order valence-electron chi connectivity index (χ1n) is 4.58. The maximum Gasteiger partial charge on any atom is 0.147 e. The third kappa shape index (κ3) is 2.22. The minimum Gasteiger partial charge on any atom is -0.382 e. The third-order valence-corrected chi connectivity index (χ3v) is 2.04. The van der Waals surface area contributed by atoms with E-state index in [-0.39, 0.29) is 6.04 Å². The van der Waals surface area contributed by atoms with Crippen LogP contribution in [-0.4, -0.2) is 20.2 Å². The summed E-state index contributed by atoms with van der Waals surface area (Å²) in [5.41, 5.74) is 6.58. The summed E-state index contributed by atoms with van der Waals surface area (Å²) in [5, 5.41) is 9.81. The van der Waals surface area contributed by atoms with E-state index in [9.17, 15) is 0 Å². The fourth-order valence-electron chi connectivity index (χ4n) is 1.25. The predicted molar refractivity (Wildman–Crippen MR) is 57.1 cm³/mol. The van der Waals surface area contributed by atoms with Crippen molar-refractivity contribution in [3.05, 3.63) is 30.4 Å². The molecule has 1 unspecified atom stereocenters. The highest BCUT2D eigenvalue weighted by Crippen LogP contribution is 2.15. The van der Waals surface area contributed by atoms with Gasteiger partial charge in [-0.2, -0.15) is 5.10 Å². The minimum absolute atomic E-state index is 0.111. The molecular formula is C9H12N6. The zero-order valence-corrected chi connectivity index (χ0v) is 8.31. The molecule has 2 heterocycles. The molecule has 0 aliphatic rings. The van der Waals surface area contributed by atoms with Crippen LogP contribution in [0.4, 0.5) is 11.6 Å². The van der Waals surface area contributed by atoms with Crippen molar-refractivity contribution in [2.45, 2.75) is 13.0 Å². The number of hydrogen-bond donors (Lipinski definition) is 3. The van der Waals surface area contributed by atoms with E-state index in [1.807, 2.05) is 13.1 Å². The molecule has 6 heteroatoms. The number of nitrogens with two attached hydrogens (primary N) is 1. The van der Waals surface area contributed by atoms with Gasteiger partial charge in [-0.25, -0.2) is 4.98 Å². The summed E-state index contributed by atoms with van der Waals surface area (Å²) >= 11 is 0. The summed E-state index contributed by atoms with van der Waals surface area (Å²) in [5.74, 6) is 1.06. The fraction of sp³-hybridized carbons (Fsp3) is 0.222. The van der Waals surface area contributed by atoms with Crippen LogP contribution < -0.4 is 11.1 Å². The van der Waals surface area contributed by atoms with Crippen molar-refractivity contribution < 1.29 is 0 Å². The Morgan fingerprint density at radius 2 is 2.27 bits per heavy atom. The van der Waals surface area contributed by atoms with Crippen LogP contribution in [0.3, 0.4) is 0 Å². The average molecular weight is 204 g/mol. The van der Waals surface area contributed by atoms with Gasteiger partial charge < -0.3 is 11.1 Å². The van der Waals surface area contributed by atoms with Gasteiger partial charge in [0.1, 0.15) is 11.6 Å². The summed E-state index contributed by atoms with van der Waals surface area (Å²) in [7, 11) is 0. The largest absolute Gasteiger partial charge is 0.382 e. The average Bonchev–Trinajstić information content (AvgIpc) is 2.70. The summed E-state index contributed by atoms with van der Waals surface area (Å²) in [6, 6.07) is 0.111. The maximum absolute atomic E-state index is 5.52. The SMILES string of the molecule is CC(Nc1cncc(N)n1)c1cn[nH]c1. The van der Waals surface area contributed by atoms with E-state index < -0.39 is 0 Å². The lowest BCUT2D eigenvalue weighted by Gasteiger charge is -2.12. The first kappa shape index (κ1) is 9.45. The first-order chi connectivity index (χ1) is 7.25. The van der Waals surface area contributed by atoms with Gasteiger partial charge in [-0.15, -0.1) is 0 Å². The van der Waals surface area contributed by atoms with Crippen molar-refractivity contribution in [3.8, 4) is 0 Å². The monoisotopic (exact) mass is 204 g/mol. The van der Waals surface area contributed by atoms with Gasteiger partial charge in [-0.3, -0.25) is 10.1 Å². The van der Waals surface area contributed by atoms with E-state index in [0.717, 1.165) is 5.56 Å². The smallest absolute Gasteiger partial charge is 0.147 e. The molecule has 15 heavy (non-hydrogen) atoms. The number of hydrogen-bond acceptors (Lipinski definition) is 5. The molecule has 0 aliphatic heterocycles. The third-order valence-electron chi connectivity index (χ3n) is 2.04. The molecule has 0 saturated carbocycles. The van der Waals surface area contributed by atoms with Crippen LogP contribution >= 0.6 is 0 Å². The molecule has 0 aliphatic carbocycles. The highest BCUT2D eigenvalue weighted by molar-refractivity contribution is 5.40. The number of H-pyrrole nitrogens is 1. The van der Waals surface area contributed by atoms with Crippen LogP contribution in [0.15, 0.2) is 24.8 Å². The molecule has 2 rings (SSSR count). The number of aromatic nitrogens is 4. The Kier molecular flexibility index (Phi) is 2.49. The van der Waals surface area contributed by atoms with E-state index >= 15 is 0 Å². The van der Waals surface area contributed by atoms with Crippen LogP contribution in [-0.2, 0) is 0 Å². The van der Waals surface area contributed by atoms with E-state index in [0.29, 0.717) is 11.6 Å². The molecule has 0 amide bonds. The highest BCUT2D eigenvalue weighted by atomic mass is 15.1. The van der Waals surface area contributed by atoms with Gasteiger partial charge in [0.15, 0.2) is 0 Å². The molecule has 0 radical (unpaired) electrons. The molecule has 0 bridgehead atoms. The topological polar surface area (TPSA) is 92.5 Å². The normalized spacial score (nSPS) is 12.3. The Morgan fingerprint density at radius 3 is 2.93 bits per heavy atom. The summed E-state index contributed by atoms with van der Waals surface area (Å²) in [6.45, 7) is 2.01. The Balaban J connectivity index is 2.09. The quantitative estimate of drug-likeness (QED) is 0.692. The molecule has 0 fully saturated rings. The molecule has 4 N–H and O–H groups in total. The predicted octanol–water partition coefficient (Wildman–Crippen LogP) is 0.955.